The standard InChI is InChI=1S/C8H12N2O3S/c9-7(8(11)12)1-2-14-5-6-3-10-13-4-6/h3-4,7H,1-2,5,9H2,(H,11,12). The lowest BCUT2D eigenvalue weighted by Gasteiger charge is -2.04. The van der Waals surface area contributed by atoms with Crippen LogP contribution in [0.2, 0.25) is 0 Å². The van der Waals surface area contributed by atoms with Crippen LogP contribution in [0.3, 0.4) is 0 Å². The van der Waals surface area contributed by atoms with Gasteiger partial charge >= 0.3 is 5.97 Å². The number of rotatable bonds is 6. The summed E-state index contributed by atoms with van der Waals surface area (Å²) in [7, 11) is 0. The van der Waals surface area contributed by atoms with Gasteiger partial charge in [0.25, 0.3) is 0 Å². The molecular weight excluding hydrogens is 204 g/mol. The fourth-order valence-electron chi connectivity index (χ4n) is 0.822. The average Bonchev–Trinajstić information content (AvgIpc) is 2.64. The number of hydrogen-bond donors (Lipinski definition) is 2. The highest BCUT2D eigenvalue weighted by molar-refractivity contribution is 7.98. The Balaban J connectivity index is 2.08. The van der Waals surface area contributed by atoms with E-state index >= 15 is 0 Å². The van der Waals surface area contributed by atoms with Gasteiger partial charge in [0.2, 0.25) is 0 Å². The lowest BCUT2D eigenvalue weighted by atomic mass is 10.2. The van der Waals surface area contributed by atoms with Gasteiger partial charge in [0.15, 0.2) is 0 Å². The van der Waals surface area contributed by atoms with Crippen LogP contribution >= 0.6 is 11.8 Å². The molecule has 0 spiro atoms. The molecule has 3 N–H and O–H groups in total. The van der Waals surface area contributed by atoms with E-state index in [4.69, 9.17) is 10.8 Å². The van der Waals surface area contributed by atoms with Crippen molar-refractivity contribution in [1.29, 1.82) is 0 Å². The lowest BCUT2D eigenvalue weighted by molar-refractivity contribution is -0.138. The first-order chi connectivity index (χ1) is 6.70. The van der Waals surface area contributed by atoms with Crippen molar-refractivity contribution in [3.63, 3.8) is 0 Å². The number of hydrogen-bond acceptors (Lipinski definition) is 5. The molecular formula is C8H12N2O3S. The number of carboxylic acids is 1. The first-order valence-corrected chi connectivity index (χ1v) is 5.30. The van der Waals surface area contributed by atoms with Crippen molar-refractivity contribution < 1.29 is 14.4 Å². The summed E-state index contributed by atoms with van der Waals surface area (Å²) in [6.07, 6.45) is 3.69. The fraction of sp³-hybridized carbons (Fsp3) is 0.500. The number of carbonyl (C=O) groups is 1. The highest BCUT2D eigenvalue weighted by Crippen LogP contribution is 2.12. The number of nitrogens with zero attached hydrogens (tertiary/aromatic N) is 1. The topological polar surface area (TPSA) is 89.4 Å². The third kappa shape index (κ3) is 3.80. The molecule has 0 aliphatic heterocycles. The second-order valence-corrected chi connectivity index (χ2v) is 3.92. The molecule has 0 aliphatic rings. The minimum absolute atomic E-state index is 0.477. The van der Waals surface area contributed by atoms with Crippen molar-refractivity contribution in [2.45, 2.75) is 18.2 Å². The molecule has 1 atom stereocenters. The maximum absolute atomic E-state index is 10.4. The molecule has 1 rings (SSSR count). The summed E-state index contributed by atoms with van der Waals surface area (Å²) in [6, 6.07) is -0.759. The number of carboxylic acid groups (broad SMARTS) is 1. The van der Waals surface area contributed by atoms with Gasteiger partial charge in [-0.05, 0) is 12.2 Å². The van der Waals surface area contributed by atoms with E-state index in [0.29, 0.717) is 6.42 Å². The van der Waals surface area contributed by atoms with E-state index in [1.807, 2.05) is 0 Å². The first-order valence-electron chi connectivity index (χ1n) is 4.14. The number of aromatic nitrogens is 1. The normalized spacial score (nSPS) is 12.6. The van der Waals surface area contributed by atoms with E-state index in [2.05, 4.69) is 9.68 Å². The molecule has 0 fully saturated rings. The summed E-state index contributed by atoms with van der Waals surface area (Å²) in [5, 5.41) is 12.1. The second kappa shape index (κ2) is 5.66. The quantitative estimate of drug-likeness (QED) is 0.681. The van der Waals surface area contributed by atoms with Crippen LogP contribution in [0.5, 0.6) is 0 Å². The summed E-state index contributed by atoms with van der Waals surface area (Å²) in [6.45, 7) is 0. The minimum atomic E-state index is -0.949. The molecule has 14 heavy (non-hydrogen) atoms. The Kier molecular flexibility index (Phi) is 4.48. The van der Waals surface area contributed by atoms with Gasteiger partial charge in [-0.25, -0.2) is 0 Å². The predicted molar refractivity (Wildman–Crippen MR) is 52.9 cm³/mol. The summed E-state index contributed by atoms with van der Waals surface area (Å²) < 4.78 is 4.65. The van der Waals surface area contributed by atoms with Gasteiger partial charge in [-0.1, -0.05) is 5.16 Å². The van der Waals surface area contributed by atoms with Crippen molar-refractivity contribution in [1.82, 2.24) is 5.16 Å². The number of thioether (sulfide) groups is 1. The summed E-state index contributed by atoms with van der Waals surface area (Å²) in [5.41, 5.74) is 6.33. The molecule has 0 saturated heterocycles. The first kappa shape index (κ1) is 11.1. The molecule has 1 aromatic heterocycles. The van der Waals surface area contributed by atoms with E-state index in [-0.39, 0.29) is 0 Å². The molecule has 0 radical (unpaired) electrons. The molecule has 0 saturated carbocycles. The van der Waals surface area contributed by atoms with Gasteiger partial charge in [-0.2, -0.15) is 11.8 Å². The maximum atomic E-state index is 10.4. The van der Waals surface area contributed by atoms with Gasteiger partial charge in [0, 0.05) is 11.3 Å². The smallest absolute Gasteiger partial charge is 0.320 e. The molecule has 0 aliphatic carbocycles. The Morgan fingerprint density at radius 3 is 3.14 bits per heavy atom. The number of aliphatic carboxylic acids is 1. The van der Waals surface area contributed by atoms with Gasteiger partial charge in [0.05, 0.1) is 6.20 Å². The Morgan fingerprint density at radius 2 is 2.57 bits per heavy atom. The van der Waals surface area contributed by atoms with Crippen LogP contribution in [0.1, 0.15) is 12.0 Å². The van der Waals surface area contributed by atoms with E-state index in [1.165, 1.54) is 0 Å². The molecule has 1 unspecified atom stereocenters. The summed E-state index contributed by atoms with van der Waals surface area (Å²) >= 11 is 1.61. The van der Waals surface area contributed by atoms with Crippen LogP contribution in [-0.4, -0.2) is 28.0 Å². The average molecular weight is 216 g/mol. The van der Waals surface area contributed by atoms with Gasteiger partial charge in [0.1, 0.15) is 12.3 Å². The van der Waals surface area contributed by atoms with Crippen LogP contribution in [-0.2, 0) is 10.5 Å². The minimum Gasteiger partial charge on any atom is -0.480 e. The van der Waals surface area contributed by atoms with E-state index in [9.17, 15) is 4.79 Å². The molecule has 0 amide bonds. The Bertz CT molecular complexity index is 276. The summed E-state index contributed by atoms with van der Waals surface area (Å²) in [4.78, 5) is 10.4. The van der Waals surface area contributed by atoms with Crippen molar-refractivity contribution in [3.8, 4) is 0 Å². The molecule has 0 bridgehead atoms. The highest BCUT2D eigenvalue weighted by atomic mass is 32.2. The zero-order valence-electron chi connectivity index (χ0n) is 7.55. The van der Waals surface area contributed by atoms with Gasteiger partial charge in [-0.15, -0.1) is 0 Å². The Morgan fingerprint density at radius 1 is 1.79 bits per heavy atom. The lowest BCUT2D eigenvalue weighted by Crippen LogP contribution is -2.30. The highest BCUT2D eigenvalue weighted by Gasteiger charge is 2.10. The summed E-state index contributed by atoms with van der Waals surface area (Å²) in [5.74, 6) is 0.546. The molecule has 78 valence electrons. The van der Waals surface area contributed by atoms with Gasteiger partial charge in [-0.3, -0.25) is 4.79 Å². The second-order valence-electron chi connectivity index (χ2n) is 2.82. The van der Waals surface area contributed by atoms with Crippen LogP contribution in [0, 0.1) is 0 Å². The maximum Gasteiger partial charge on any atom is 0.320 e. The molecule has 6 heteroatoms. The van der Waals surface area contributed by atoms with Gasteiger partial charge < -0.3 is 15.4 Å². The SMILES string of the molecule is NC(CCSCc1cnoc1)C(=O)O. The van der Waals surface area contributed by atoms with Crippen LogP contribution < -0.4 is 5.73 Å². The third-order valence-corrected chi connectivity index (χ3v) is 2.70. The predicted octanol–water partition coefficient (Wildman–Crippen LogP) is 0.710. The monoisotopic (exact) mass is 216 g/mol. The van der Waals surface area contributed by atoms with Crippen LogP contribution in [0.25, 0.3) is 0 Å². The largest absolute Gasteiger partial charge is 0.480 e. The molecule has 1 heterocycles. The zero-order valence-corrected chi connectivity index (χ0v) is 8.37. The van der Waals surface area contributed by atoms with E-state index in [1.54, 1.807) is 24.2 Å². The number of nitrogens with two attached hydrogens (primary N) is 1. The van der Waals surface area contributed by atoms with E-state index in [0.717, 1.165) is 17.1 Å². The molecule has 5 nitrogen and oxygen atoms in total. The zero-order chi connectivity index (χ0) is 10.4. The fourth-order valence-corrected chi connectivity index (χ4v) is 1.76. The van der Waals surface area contributed by atoms with E-state index < -0.39 is 12.0 Å². The van der Waals surface area contributed by atoms with Crippen LogP contribution in [0.4, 0.5) is 0 Å². The molecule has 0 aromatic carbocycles. The molecule has 1 aromatic rings. The third-order valence-electron chi connectivity index (χ3n) is 1.64. The van der Waals surface area contributed by atoms with Crippen LogP contribution in [0.15, 0.2) is 17.0 Å². The Hall–Kier alpha value is -1.01. The Labute approximate surface area is 85.6 Å². The van der Waals surface area contributed by atoms with Crippen molar-refractivity contribution in [2.75, 3.05) is 5.75 Å². The van der Waals surface area contributed by atoms with Crippen molar-refractivity contribution >= 4 is 17.7 Å². The van der Waals surface area contributed by atoms with Crippen molar-refractivity contribution in [2.24, 2.45) is 5.73 Å². The van der Waals surface area contributed by atoms with Crippen molar-refractivity contribution in [3.05, 3.63) is 18.0 Å².